The fourth-order valence-electron chi connectivity index (χ4n) is 4.58. The topological polar surface area (TPSA) is 61.4 Å². The molecule has 5 heteroatoms. The van der Waals surface area contributed by atoms with Crippen LogP contribution in [0.4, 0.5) is 17.1 Å². The van der Waals surface area contributed by atoms with Gasteiger partial charge in [0.1, 0.15) is 11.4 Å². The van der Waals surface area contributed by atoms with Gasteiger partial charge in [-0.3, -0.25) is 14.5 Å². The summed E-state index contributed by atoms with van der Waals surface area (Å²) in [4.78, 5) is 27.0. The summed E-state index contributed by atoms with van der Waals surface area (Å²) in [6.45, 7) is 4.34. The number of hydrogen-bond donors (Lipinski definition) is 2. The maximum Gasteiger partial charge on any atom is 0.253 e. The van der Waals surface area contributed by atoms with Gasteiger partial charge in [0.25, 0.3) is 10.9 Å². The standard InChI is InChI=1S/C22H29N3O2/c1-15-9-11-16(12-10-15)23-19-20(22(27)21(19)26)24-17-7-3-4-8-18(17)25-13-5-2-6-14-25/h9-12,17-18,23-24H,2-8,13-14H2,1H3/t17?,18-/m1/s1. The van der Waals surface area contributed by atoms with Gasteiger partial charge >= 0.3 is 0 Å². The monoisotopic (exact) mass is 367 g/mol. The summed E-state index contributed by atoms with van der Waals surface area (Å²) in [7, 11) is 0. The van der Waals surface area contributed by atoms with Gasteiger partial charge in [-0.25, -0.2) is 0 Å². The van der Waals surface area contributed by atoms with Gasteiger partial charge in [-0.1, -0.05) is 37.0 Å². The first kappa shape index (κ1) is 18.2. The molecule has 1 aliphatic heterocycles. The molecule has 144 valence electrons. The molecule has 2 aromatic rings. The van der Waals surface area contributed by atoms with E-state index in [-0.39, 0.29) is 11.5 Å². The zero-order valence-corrected chi connectivity index (χ0v) is 16.1. The quantitative estimate of drug-likeness (QED) is 0.792. The van der Waals surface area contributed by atoms with Gasteiger partial charge in [-0.05, 0) is 57.8 Å². The van der Waals surface area contributed by atoms with Gasteiger partial charge in [0.15, 0.2) is 0 Å². The molecule has 0 spiro atoms. The van der Waals surface area contributed by atoms with E-state index in [0.717, 1.165) is 30.8 Å². The SMILES string of the molecule is Cc1ccc(Nc2c(NC3CCCC[C@H]3N3CCCCC3)c(=O)c2=O)cc1. The Kier molecular flexibility index (Phi) is 5.30. The van der Waals surface area contributed by atoms with Crippen LogP contribution in [0.2, 0.25) is 0 Å². The number of aryl methyl sites for hydroxylation is 1. The van der Waals surface area contributed by atoms with Crippen molar-refractivity contribution >= 4 is 17.1 Å². The third-order valence-corrected chi connectivity index (χ3v) is 6.15. The van der Waals surface area contributed by atoms with E-state index in [0.29, 0.717) is 17.4 Å². The Morgan fingerprint density at radius 1 is 0.852 bits per heavy atom. The lowest BCUT2D eigenvalue weighted by molar-refractivity contribution is 0.121. The van der Waals surface area contributed by atoms with E-state index in [2.05, 4.69) is 15.5 Å². The Morgan fingerprint density at radius 3 is 2.26 bits per heavy atom. The zero-order valence-electron chi connectivity index (χ0n) is 16.1. The van der Waals surface area contributed by atoms with Gasteiger partial charge in [0.2, 0.25) is 0 Å². The molecule has 2 aliphatic rings. The van der Waals surface area contributed by atoms with E-state index in [4.69, 9.17) is 0 Å². The molecule has 1 saturated heterocycles. The molecule has 2 N–H and O–H groups in total. The average Bonchev–Trinajstić information content (AvgIpc) is 2.72. The van der Waals surface area contributed by atoms with Crippen LogP contribution in [0.3, 0.4) is 0 Å². The molecular formula is C22H29N3O2. The molecule has 27 heavy (non-hydrogen) atoms. The summed E-state index contributed by atoms with van der Waals surface area (Å²) in [6.07, 6.45) is 8.52. The number of likely N-dealkylation sites (tertiary alicyclic amines) is 1. The van der Waals surface area contributed by atoms with Crippen LogP contribution in [0.1, 0.15) is 50.5 Å². The average molecular weight is 367 g/mol. The zero-order chi connectivity index (χ0) is 18.8. The highest BCUT2D eigenvalue weighted by Crippen LogP contribution is 2.30. The third kappa shape index (κ3) is 3.79. The number of rotatable bonds is 5. The van der Waals surface area contributed by atoms with E-state index in [1.165, 1.54) is 38.5 Å². The van der Waals surface area contributed by atoms with Crippen LogP contribution < -0.4 is 21.5 Å². The normalized spacial score (nSPS) is 24.0. The van der Waals surface area contributed by atoms with Crippen LogP contribution in [0.15, 0.2) is 33.9 Å². The molecule has 2 aromatic carbocycles. The lowest BCUT2D eigenvalue weighted by Gasteiger charge is -2.42. The van der Waals surface area contributed by atoms with E-state index in [1.807, 2.05) is 31.2 Å². The van der Waals surface area contributed by atoms with Gasteiger partial charge in [0.05, 0.1) is 0 Å². The van der Waals surface area contributed by atoms with Crippen molar-refractivity contribution in [3.05, 3.63) is 50.3 Å². The van der Waals surface area contributed by atoms with Crippen molar-refractivity contribution in [2.75, 3.05) is 23.7 Å². The number of piperidine rings is 1. The lowest BCUT2D eigenvalue weighted by atomic mass is 9.87. The minimum atomic E-state index is -0.414. The summed E-state index contributed by atoms with van der Waals surface area (Å²) >= 11 is 0. The van der Waals surface area contributed by atoms with Crippen molar-refractivity contribution in [2.45, 2.75) is 64.0 Å². The van der Waals surface area contributed by atoms with Gasteiger partial charge < -0.3 is 10.6 Å². The van der Waals surface area contributed by atoms with Gasteiger partial charge in [-0.15, -0.1) is 0 Å². The number of hydrogen-bond acceptors (Lipinski definition) is 5. The fraction of sp³-hybridized carbons (Fsp3) is 0.545. The highest BCUT2D eigenvalue weighted by Gasteiger charge is 2.33. The van der Waals surface area contributed by atoms with Crippen LogP contribution in [0, 0.1) is 6.92 Å². The maximum absolute atomic E-state index is 12.2. The van der Waals surface area contributed by atoms with Crippen molar-refractivity contribution in [3.63, 3.8) is 0 Å². The highest BCUT2D eigenvalue weighted by molar-refractivity contribution is 5.79. The Balaban J connectivity index is 1.51. The molecule has 1 saturated carbocycles. The molecule has 0 aromatic heterocycles. The second-order valence-corrected chi connectivity index (χ2v) is 8.10. The van der Waals surface area contributed by atoms with Crippen LogP contribution in [0.25, 0.3) is 0 Å². The Labute approximate surface area is 160 Å². The molecule has 2 atom stereocenters. The number of nitrogens with one attached hydrogen (secondary N) is 2. The molecule has 0 amide bonds. The van der Waals surface area contributed by atoms with Gasteiger partial charge in [-0.2, -0.15) is 0 Å². The first-order valence-corrected chi connectivity index (χ1v) is 10.3. The van der Waals surface area contributed by atoms with Crippen molar-refractivity contribution < 1.29 is 0 Å². The van der Waals surface area contributed by atoms with E-state index in [1.54, 1.807) is 0 Å². The second-order valence-electron chi connectivity index (χ2n) is 8.10. The molecule has 1 aliphatic carbocycles. The molecular weight excluding hydrogens is 338 g/mol. The van der Waals surface area contributed by atoms with Crippen molar-refractivity contribution in [1.29, 1.82) is 0 Å². The smallest absolute Gasteiger partial charge is 0.253 e. The molecule has 1 unspecified atom stereocenters. The minimum Gasteiger partial charge on any atom is -0.376 e. The summed E-state index contributed by atoms with van der Waals surface area (Å²) in [5.74, 6) is 0. The minimum absolute atomic E-state index is 0.249. The van der Waals surface area contributed by atoms with Crippen molar-refractivity contribution in [2.24, 2.45) is 0 Å². The van der Waals surface area contributed by atoms with E-state index < -0.39 is 5.43 Å². The summed E-state index contributed by atoms with van der Waals surface area (Å²) in [5, 5.41) is 6.62. The molecule has 2 fully saturated rings. The van der Waals surface area contributed by atoms with E-state index >= 15 is 0 Å². The fourth-order valence-corrected chi connectivity index (χ4v) is 4.58. The molecule has 4 rings (SSSR count). The maximum atomic E-state index is 12.2. The summed E-state index contributed by atoms with van der Waals surface area (Å²) in [6, 6.07) is 8.58. The third-order valence-electron chi connectivity index (χ3n) is 6.15. The first-order valence-electron chi connectivity index (χ1n) is 10.3. The van der Waals surface area contributed by atoms with Crippen LogP contribution >= 0.6 is 0 Å². The first-order chi connectivity index (χ1) is 13.1. The van der Waals surface area contributed by atoms with Crippen LogP contribution in [-0.2, 0) is 0 Å². The van der Waals surface area contributed by atoms with Crippen LogP contribution in [-0.4, -0.2) is 30.1 Å². The molecule has 0 bridgehead atoms. The number of benzene rings is 1. The second kappa shape index (κ2) is 7.85. The van der Waals surface area contributed by atoms with E-state index in [9.17, 15) is 9.59 Å². The number of nitrogens with zero attached hydrogens (tertiary/aromatic N) is 1. The highest BCUT2D eigenvalue weighted by atomic mass is 16.2. The summed E-state index contributed by atoms with van der Waals surface area (Å²) < 4.78 is 0. The molecule has 0 radical (unpaired) electrons. The molecule has 1 heterocycles. The van der Waals surface area contributed by atoms with Crippen molar-refractivity contribution in [3.8, 4) is 0 Å². The predicted molar refractivity (Wildman–Crippen MR) is 111 cm³/mol. The summed E-state index contributed by atoms with van der Waals surface area (Å²) in [5.41, 5.74) is 2.11. The van der Waals surface area contributed by atoms with Crippen LogP contribution in [0.5, 0.6) is 0 Å². The lowest BCUT2D eigenvalue weighted by Crippen LogP contribution is -2.52. The van der Waals surface area contributed by atoms with Crippen molar-refractivity contribution in [1.82, 2.24) is 4.90 Å². The van der Waals surface area contributed by atoms with Gasteiger partial charge in [0, 0.05) is 17.8 Å². The Hall–Kier alpha value is -2.14. The largest absolute Gasteiger partial charge is 0.376 e. The Morgan fingerprint density at radius 2 is 1.52 bits per heavy atom. The predicted octanol–water partition coefficient (Wildman–Crippen LogP) is 3.54. The number of anilines is 3. The Bertz CT molecular complexity index is 845. The molecule has 5 nitrogen and oxygen atoms in total.